The van der Waals surface area contributed by atoms with Gasteiger partial charge in [0.2, 0.25) is 0 Å². The van der Waals surface area contributed by atoms with Crippen molar-refractivity contribution < 1.29 is 17.7 Å². The summed E-state index contributed by atoms with van der Waals surface area (Å²) < 4.78 is 41.0. The van der Waals surface area contributed by atoms with Gasteiger partial charge >= 0.3 is 0 Å². The van der Waals surface area contributed by atoms with Crippen molar-refractivity contribution in [3.63, 3.8) is 0 Å². The molecule has 30 heavy (non-hydrogen) atoms. The molecule has 1 saturated carbocycles. The number of hydrogen-bond acceptors (Lipinski definition) is 5. The molecular weight excluding hydrogens is 468 g/mol. The SMILES string of the molecule is CCc1ccc(OC)c(S(=O)(=O)Nc2noc3c2CC2(CC2)c2ccc(Br)cc2-3)c1. The maximum absolute atomic E-state index is 13.2. The lowest BCUT2D eigenvalue weighted by Gasteiger charge is -2.24. The van der Waals surface area contributed by atoms with E-state index in [9.17, 15) is 8.42 Å². The Labute approximate surface area is 183 Å². The van der Waals surface area contributed by atoms with E-state index in [2.05, 4.69) is 31.9 Å². The van der Waals surface area contributed by atoms with E-state index in [0.717, 1.165) is 40.4 Å². The number of ether oxygens (including phenoxy) is 1. The summed E-state index contributed by atoms with van der Waals surface area (Å²) in [5.74, 6) is 1.19. The third kappa shape index (κ3) is 3.04. The molecule has 1 N–H and O–H groups in total. The van der Waals surface area contributed by atoms with Crippen LogP contribution in [0.4, 0.5) is 5.82 Å². The highest BCUT2D eigenvalue weighted by molar-refractivity contribution is 9.10. The van der Waals surface area contributed by atoms with Crippen LogP contribution >= 0.6 is 15.9 Å². The van der Waals surface area contributed by atoms with E-state index >= 15 is 0 Å². The average Bonchev–Trinajstić information content (AvgIpc) is 3.40. The Hall–Kier alpha value is -2.32. The molecule has 0 radical (unpaired) electrons. The molecule has 0 bridgehead atoms. The Morgan fingerprint density at radius 2 is 2.03 bits per heavy atom. The molecule has 0 amide bonds. The Morgan fingerprint density at radius 3 is 2.73 bits per heavy atom. The summed E-state index contributed by atoms with van der Waals surface area (Å²) in [6.45, 7) is 1.98. The molecule has 0 saturated heterocycles. The molecular formula is C22H21BrN2O4S. The Balaban J connectivity index is 1.58. The summed E-state index contributed by atoms with van der Waals surface area (Å²) >= 11 is 3.53. The molecule has 0 atom stereocenters. The molecule has 2 aromatic carbocycles. The molecule has 156 valence electrons. The maximum atomic E-state index is 13.2. The third-order valence-corrected chi connectivity index (χ3v) is 7.96. The second-order valence-electron chi connectivity index (χ2n) is 7.93. The monoisotopic (exact) mass is 488 g/mol. The van der Waals surface area contributed by atoms with Gasteiger partial charge in [-0.05, 0) is 61.1 Å². The quantitative estimate of drug-likeness (QED) is 0.542. The van der Waals surface area contributed by atoms with Crippen LogP contribution in [0.5, 0.6) is 5.75 Å². The molecule has 0 unspecified atom stereocenters. The number of nitrogens with zero attached hydrogens (tertiary/aromatic N) is 1. The van der Waals surface area contributed by atoms with E-state index in [-0.39, 0.29) is 16.1 Å². The number of sulfonamides is 1. The van der Waals surface area contributed by atoms with Crippen molar-refractivity contribution in [1.82, 2.24) is 5.16 Å². The van der Waals surface area contributed by atoms with E-state index in [0.29, 0.717) is 17.9 Å². The van der Waals surface area contributed by atoms with Crippen LogP contribution in [-0.2, 0) is 28.3 Å². The number of nitrogens with one attached hydrogen (secondary N) is 1. The standard InChI is InChI=1S/C22H21BrN2O4S/c1-3-13-4-7-18(28-2)19(10-13)30(26,27)25-21-16-12-22(8-9-22)17-6-5-14(23)11-15(17)20(16)29-24-21/h4-7,10-11H,3,8-9,12H2,1-2H3,(H,24,25). The normalized spacial score (nSPS) is 16.1. The first-order valence-electron chi connectivity index (χ1n) is 9.85. The molecule has 2 aliphatic rings. The molecule has 5 rings (SSSR count). The van der Waals surface area contributed by atoms with E-state index in [1.54, 1.807) is 12.1 Å². The van der Waals surface area contributed by atoms with Crippen molar-refractivity contribution in [2.24, 2.45) is 0 Å². The number of rotatable bonds is 5. The zero-order valence-corrected chi connectivity index (χ0v) is 19.1. The number of halogens is 1. The Kier molecular flexibility index (Phi) is 4.48. The third-order valence-electron chi connectivity index (χ3n) is 6.11. The lowest BCUT2D eigenvalue weighted by atomic mass is 9.79. The van der Waals surface area contributed by atoms with Crippen LogP contribution in [0.3, 0.4) is 0 Å². The van der Waals surface area contributed by atoms with Crippen LogP contribution < -0.4 is 9.46 Å². The van der Waals surface area contributed by atoms with Crippen molar-refractivity contribution in [2.75, 3.05) is 11.8 Å². The highest BCUT2D eigenvalue weighted by Crippen LogP contribution is 2.58. The molecule has 1 aromatic heterocycles. The highest BCUT2D eigenvalue weighted by Gasteiger charge is 2.50. The van der Waals surface area contributed by atoms with E-state index in [4.69, 9.17) is 9.26 Å². The summed E-state index contributed by atoms with van der Waals surface area (Å²) in [6.07, 6.45) is 3.58. The number of aryl methyl sites for hydroxylation is 1. The van der Waals surface area contributed by atoms with Gasteiger partial charge in [-0.25, -0.2) is 8.42 Å². The average molecular weight is 489 g/mol. The van der Waals surface area contributed by atoms with Gasteiger partial charge in [0.05, 0.1) is 7.11 Å². The van der Waals surface area contributed by atoms with Gasteiger partial charge in [0.1, 0.15) is 10.6 Å². The second kappa shape index (κ2) is 6.85. The number of aromatic nitrogens is 1. The minimum Gasteiger partial charge on any atom is -0.495 e. The Bertz CT molecular complexity index is 1260. The lowest BCUT2D eigenvalue weighted by Crippen LogP contribution is -2.20. The number of methoxy groups -OCH3 is 1. The second-order valence-corrected chi connectivity index (χ2v) is 10.5. The Morgan fingerprint density at radius 1 is 1.23 bits per heavy atom. The molecule has 2 aliphatic carbocycles. The summed E-state index contributed by atoms with van der Waals surface area (Å²) in [5.41, 5.74) is 4.00. The van der Waals surface area contributed by atoms with Gasteiger partial charge in [0, 0.05) is 21.0 Å². The minimum atomic E-state index is -3.90. The van der Waals surface area contributed by atoms with Crippen LogP contribution in [0.1, 0.15) is 36.5 Å². The fourth-order valence-electron chi connectivity index (χ4n) is 4.30. The summed E-state index contributed by atoms with van der Waals surface area (Å²) in [4.78, 5) is 0.0983. The molecule has 1 heterocycles. The minimum absolute atomic E-state index is 0.0502. The van der Waals surface area contributed by atoms with Crippen LogP contribution in [0.15, 0.2) is 50.3 Å². The van der Waals surface area contributed by atoms with Crippen LogP contribution in [-0.4, -0.2) is 20.7 Å². The first kappa shape index (κ1) is 19.6. The number of benzene rings is 2. The summed E-state index contributed by atoms with van der Waals surface area (Å²) in [5, 5.41) is 4.11. The molecule has 8 heteroatoms. The van der Waals surface area contributed by atoms with Crippen LogP contribution in [0.2, 0.25) is 0 Å². The van der Waals surface area contributed by atoms with Crippen molar-refractivity contribution in [1.29, 1.82) is 0 Å². The lowest BCUT2D eigenvalue weighted by molar-refractivity contribution is 0.402. The van der Waals surface area contributed by atoms with Crippen molar-refractivity contribution in [3.8, 4) is 17.1 Å². The largest absolute Gasteiger partial charge is 0.495 e. The molecule has 0 aliphatic heterocycles. The van der Waals surface area contributed by atoms with Gasteiger partial charge in [0.15, 0.2) is 11.6 Å². The highest BCUT2D eigenvalue weighted by atomic mass is 79.9. The first-order chi connectivity index (χ1) is 14.4. The van der Waals surface area contributed by atoms with Gasteiger partial charge in [0.25, 0.3) is 10.0 Å². The topological polar surface area (TPSA) is 81.4 Å². The fraction of sp³-hybridized carbons (Fsp3) is 0.318. The maximum Gasteiger partial charge on any atom is 0.266 e. The molecule has 1 spiro atoms. The zero-order chi connectivity index (χ0) is 21.1. The van der Waals surface area contributed by atoms with Crippen molar-refractivity contribution in [3.05, 3.63) is 57.6 Å². The molecule has 1 fully saturated rings. The smallest absolute Gasteiger partial charge is 0.266 e. The van der Waals surface area contributed by atoms with Gasteiger partial charge in [-0.3, -0.25) is 4.72 Å². The van der Waals surface area contributed by atoms with E-state index < -0.39 is 10.0 Å². The van der Waals surface area contributed by atoms with Crippen molar-refractivity contribution in [2.45, 2.75) is 42.9 Å². The fourth-order valence-corrected chi connectivity index (χ4v) is 5.90. The summed E-state index contributed by atoms with van der Waals surface area (Å²) in [6, 6.07) is 11.4. The van der Waals surface area contributed by atoms with Crippen LogP contribution in [0.25, 0.3) is 11.3 Å². The van der Waals surface area contributed by atoms with Gasteiger partial charge in [-0.2, -0.15) is 0 Å². The zero-order valence-electron chi connectivity index (χ0n) is 16.7. The molecule has 6 nitrogen and oxygen atoms in total. The van der Waals surface area contributed by atoms with E-state index in [1.807, 2.05) is 25.1 Å². The van der Waals surface area contributed by atoms with Gasteiger partial charge in [-0.15, -0.1) is 0 Å². The van der Waals surface area contributed by atoms with Crippen molar-refractivity contribution >= 4 is 31.8 Å². The number of fused-ring (bicyclic) bond motifs is 4. The number of anilines is 1. The van der Waals surface area contributed by atoms with E-state index in [1.165, 1.54) is 12.7 Å². The predicted octanol–water partition coefficient (Wildman–Crippen LogP) is 5.06. The van der Waals surface area contributed by atoms with Crippen LogP contribution in [0, 0.1) is 0 Å². The number of hydrogen-bond donors (Lipinski definition) is 1. The van der Waals surface area contributed by atoms with Gasteiger partial charge in [-0.1, -0.05) is 40.1 Å². The summed E-state index contributed by atoms with van der Waals surface area (Å²) in [7, 11) is -2.44. The van der Waals surface area contributed by atoms with Gasteiger partial charge < -0.3 is 9.26 Å². The first-order valence-corrected chi connectivity index (χ1v) is 12.1. The predicted molar refractivity (Wildman–Crippen MR) is 117 cm³/mol. The molecule has 3 aromatic rings.